The number of benzene rings is 1. The molecule has 0 bridgehead atoms. The maximum absolute atomic E-state index is 11.3. The number of hydrogen-bond donors (Lipinski definition) is 1. The molecule has 8 heteroatoms. The molecule has 0 aliphatic heterocycles. The van der Waals surface area contributed by atoms with Crippen LogP contribution in [-0.4, -0.2) is 35.4 Å². The number of rotatable bonds is 7. The fourth-order valence-corrected chi connectivity index (χ4v) is 2.97. The maximum Gasteiger partial charge on any atom is 0.308 e. The van der Waals surface area contributed by atoms with E-state index in [9.17, 15) is 9.90 Å². The molecule has 0 unspecified atom stereocenters. The highest BCUT2D eigenvalue weighted by Gasteiger charge is 2.17. The Kier molecular flexibility index (Phi) is 5.33. The normalized spacial score (nSPS) is 11.4. The zero-order valence-electron chi connectivity index (χ0n) is 14.1. The second-order valence-corrected chi connectivity index (χ2v) is 6.06. The third kappa shape index (κ3) is 3.92. The van der Waals surface area contributed by atoms with Gasteiger partial charge in [0.1, 0.15) is 11.5 Å². The van der Waals surface area contributed by atoms with Crippen molar-refractivity contribution in [2.45, 2.75) is 6.42 Å². The van der Waals surface area contributed by atoms with Crippen molar-refractivity contribution in [3.8, 4) is 22.9 Å². The third-order valence-corrected chi connectivity index (χ3v) is 4.28. The van der Waals surface area contributed by atoms with Gasteiger partial charge in [0.05, 0.1) is 20.6 Å². The lowest BCUT2D eigenvalue weighted by Gasteiger charge is -2.08. The fraction of sp³-hybridized carbons (Fsp3) is 0.167. The average molecular weight is 372 g/mol. The summed E-state index contributed by atoms with van der Waals surface area (Å²) in [7, 11) is 3.09. The summed E-state index contributed by atoms with van der Waals surface area (Å²) < 4.78 is 15.8. The SMILES string of the molecule is COc1ccc(/C=C(\CC(=O)O)c2nc(-c3ccsc3)no2)c(OC)c1. The summed E-state index contributed by atoms with van der Waals surface area (Å²) in [4.78, 5) is 15.6. The molecule has 0 amide bonds. The highest BCUT2D eigenvalue weighted by molar-refractivity contribution is 7.08. The van der Waals surface area contributed by atoms with Crippen molar-refractivity contribution in [3.63, 3.8) is 0 Å². The molecule has 7 nitrogen and oxygen atoms in total. The molecule has 3 aromatic rings. The van der Waals surface area contributed by atoms with Crippen LogP contribution < -0.4 is 9.47 Å². The highest BCUT2D eigenvalue weighted by atomic mass is 32.1. The second kappa shape index (κ2) is 7.83. The molecule has 2 heterocycles. The molecular formula is C18H16N2O5S. The molecule has 0 atom stereocenters. The van der Waals surface area contributed by atoms with Crippen molar-refractivity contribution in [2.24, 2.45) is 0 Å². The van der Waals surface area contributed by atoms with Gasteiger partial charge in [-0.3, -0.25) is 4.79 Å². The van der Waals surface area contributed by atoms with Crippen molar-refractivity contribution >= 4 is 29.0 Å². The highest BCUT2D eigenvalue weighted by Crippen LogP contribution is 2.30. The lowest BCUT2D eigenvalue weighted by atomic mass is 10.1. The van der Waals surface area contributed by atoms with Crippen molar-refractivity contribution in [2.75, 3.05) is 14.2 Å². The lowest BCUT2D eigenvalue weighted by molar-refractivity contribution is -0.135. The van der Waals surface area contributed by atoms with Gasteiger partial charge in [-0.15, -0.1) is 0 Å². The van der Waals surface area contributed by atoms with Gasteiger partial charge in [0.2, 0.25) is 5.82 Å². The number of aromatic nitrogens is 2. The monoisotopic (exact) mass is 372 g/mol. The Hall–Kier alpha value is -3.13. The van der Waals surface area contributed by atoms with Gasteiger partial charge < -0.3 is 19.1 Å². The van der Waals surface area contributed by atoms with E-state index < -0.39 is 5.97 Å². The summed E-state index contributed by atoms with van der Waals surface area (Å²) >= 11 is 1.51. The Morgan fingerprint density at radius 1 is 1.31 bits per heavy atom. The van der Waals surface area contributed by atoms with E-state index in [4.69, 9.17) is 14.0 Å². The van der Waals surface area contributed by atoms with Gasteiger partial charge in [-0.25, -0.2) is 0 Å². The number of carbonyl (C=O) groups is 1. The molecule has 0 aliphatic carbocycles. The Labute approximate surface area is 153 Å². The molecule has 3 rings (SSSR count). The van der Waals surface area contributed by atoms with E-state index in [1.165, 1.54) is 18.4 Å². The molecule has 1 aromatic carbocycles. The van der Waals surface area contributed by atoms with E-state index in [0.29, 0.717) is 28.5 Å². The van der Waals surface area contributed by atoms with E-state index >= 15 is 0 Å². The molecule has 0 fully saturated rings. The number of nitrogens with zero attached hydrogens (tertiary/aromatic N) is 2. The predicted octanol–water partition coefficient (Wildman–Crippen LogP) is 3.83. The summed E-state index contributed by atoms with van der Waals surface area (Å²) in [6.07, 6.45) is 1.40. The Morgan fingerprint density at radius 3 is 2.81 bits per heavy atom. The number of thiophene rings is 1. The van der Waals surface area contributed by atoms with Gasteiger partial charge >= 0.3 is 5.97 Å². The molecule has 0 saturated carbocycles. The quantitative estimate of drug-likeness (QED) is 0.673. The number of carboxylic acid groups (broad SMARTS) is 1. The predicted molar refractivity (Wildman–Crippen MR) is 97.3 cm³/mol. The van der Waals surface area contributed by atoms with Gasteiger partial charge in [-0.1, -0.05) is 5.16 Å². The largest absolute Gasteiger partial charge is 0.497 e. The minimum atomic E-state index is -1.00. The Morgan fingerprint density at radius 2 is 2.15 bits per heavy atom. The van der Waals surface area contributed by atoms with Crippen LogP contribution in [0.1, 0.15) is 17.9 Å². The van der Waals surface area contributed by atoms with E-state index in [-0.39, 0.29) is 12.3 Å². The third-order valence-electron chi connectivity index (χ3n) is 3.59. The number of ether oxygens (including phenoxy) is 2. The zero-order chi connectivity index (χ0) is 18.5. The van der Waals surface area contributed by atoms with E-state index in [1.54, 1.807) is 31.4 Å². The summed E-state index contributed by atoms with van der Waals surface area (Å²) in [5.41, 5.74) is 1.89. The molecule has 134 valence electrons. The number of hydrogen-bond acceptors (Lipinski definition) is 7. The van der Waals surface area contributed by atoms with Crippen molar-refractivity contribution in [3.05, 3.63) is 46.5 Å². The van der Waals surface area contributed by atoms with Crippen LogP contribution in [0.2, 0.25) is 0 Å². The first kappa shape index (κ1) is 17.7. The molecule has 0 spiro atoms. The number of methoxy groups -OCH3 is 2. The standard InChI is InChI=1S/C18H16N2O5S/c1-23-14-4-3-11(15(9-14)24-2)7-13(8-16(21)22)18-19-17(20-25-18)12-5-6-26-10-12/h3-7,9-10H,8H2,1-2H3,(H,21,22)/b13-7+. The summed E-state index contributed by atoms with van der Waals surface area (Å²) in [5.74, 6) is 0.755. The maximum atomic E-state index is 11.3. The van der Waals surface area contributed by atoms with E-state index in [2.05, 4.69) is 10.1 Å². The number of carboxylic acids is 1. The first-order chi connectivity index (χ1) is 12.6. The van der Waals surface area contributed by atoms with Crippen LogP contribution in [0.5, 0.6) is 11.5 Å². The Balaban J connectivity index is 2.01. The second-order valence-electron chi connectivity index (χ2n) is 5.28. The molecule has 2 aromatic heterocycles. The average Bonchev–Trinajstić information content (AvgIpc) is 3.32. The van der Waals surface area contributed by atoms with Crippen LogP contribution in [-0.2, 0) is 4.79 Å². The minimum absolute atomic E-state index is 0.159. The first-order valence-corrected chi connectivity index (χ1v) is 8.56. The van der Waals surface area contributed by atoms with Crippen LogP contribution in [0.25, 0.3) is 23.0 Å². The molecule has 26 heavy (non-hydrogen) atoms. The Bertz CT molecular complexity index is 931. The van der Waals surface area contributed by atoms with Gasteiger partial charge in [0, 0.05) is 28.1 Å². The summed E-state index contributed by atoms with van der Waals surface area (Å²) in [6, 6.07) is 7.12. The fourth-order valence-electron chi connectivity index (χ4n) is 2.34. The smallest absolute Gasteiger partial charge is 0.308 e. The van der Waals surface area contributed by atoms with Crippen LogP contribution >= 0.6 is 11.3 Å². The molecule has 1 N–H and O–H groups in total. The molecule has 0 aliphatic rings. The van der Waals surface area contributed by atoms with Crippen molar-refractivity contribution in [1.82, 2.24) is 10.1 Å². The zero-order valence-corrected chi connectivity index (χ0v) is 14.9. The summed E-state index contributed by atoms with van der Waals surface area (Å²) in [5, 5.41) is 17.0. The van der Waals surface area contributed by atoms with Crippen LogP contribution in [0.4, 0.5) is 0 Å². The summed E-state index contributed by atoms with van der Waals surface area (Å²) in [6.45, 7) is 0. The van der Waals surface area contributed by atoms with E-state index in [1.807, 2.05) is 16.8 Å². The number of aliphatic carboxylic acids is 1. The van der Waals surface area contributed by atoms with Crippen molar-refractivity contribution < 1.29 is 23.9 Å². The van der Waals surface area contributed by atoms with Crippen LogP contribution in [0, 0.1) is 0 Å². The molecular weight excluding hydrogens is 356 g/mol. The van der Waals surface area contributed by atoms with Gasteiger partial charge in [-0.2, -0.15) is 16.3 Å². The van der Waals surface area contributed by atoms with E-state index in [0.717, 1.165) is 5.56 Å². The van der Waals surface area contributed by atoms with Crippen LogP contribution in [0.15, 0.2) is 39.5 Å². The van der Waals surface area contributed by atoms with Gasteiger partial charge in [0.15, 0.2) is 0 Å². The minimum Gasteiger partial charge on any atom is -0.497 e. The van der Waals surface area contributed by atoms with Gasteiger partial charge in [0.25, 0.3) is 5.89 Å². The van der Waals surface area contributed by atoms with Crippen molar-refractivity contribution in [1.29, 1.82) is 0 Å². The van der Waals surface area contributed by atoms with Gasteiger partial charge in [-0.05, 0) is 29.7 Å². The lowest BCUT2D eigenvalue weighted by Crippen LogP contribution is -1.98. The topological polar surface area (TPSA) is 94.7 Å². The molecule has 0 radical (unpaired) electrons. The molecule has 0 saturated heterocycles. The van der Waals surface area contributed by atoms with Crippen LogP contribution in [0.3, 0.4) is 0 Å². The first-order valence-electron chi connectivity index (χ1n) is 7.61.